The first kappa shape index (κ1) is 24.5. The Balaban J connectivity index is 1.34. The van der Waals surface area contributed by atoms with Crippen molar-refractivity contribution >= 4 is 40.3 Å². The Kier molecular flexibility index (Phi) is 5.34. The Morgan fingerprint density at radius 3 is 2.31 bits per heavy atom. The van der Waals surface area contributed by atoms with E-state index in [9.17, 15) is 5.26 Å². The van der Waals surface area contributed by atoms with Crippen LogP contribution < -0.4 is 10.4 Å². The number of hydrogen-bond donors (Lipinski definition) is 0. The number of nitriles is 1. The third-order valence-electron chi connectivity index (χ3n) is 8.86. The van der Waals surface area contributed by atoms with Crippen LogP contribution in [0.5, 0.6) is 0 Å². The van der Waals surface area contributed by atoms with Crippen molar-refractivity contribution in [3.05, 3.63) is 133 Å². The van der Waals surface area contributed by atoms with Crippen LogP contribution in [0, 0.1) is 11.3 Å². The van der Waals surface area contributed by atoms with Gasteiger partial charge in [0.05, 0.1) is 22.3 Å². The first-order valence-electron chi connectivity index (χ1n) is 14.3. The molecular weight excluding hydrogens is 527 g/mol. The monoisotopic (exact) mass is 553 g/mol. The van der Waals surface area contributed by atoms with Crippen molar-refractivity contribution in [2.75, 3.05) is 0 Å². The van der Waals surface area contributed by atoms with Crippen molar-refractivity contribution in [1.82, 2.24) is 9.55 Å². The Morgan fingerprint density at radius 2 is 1.43 bits per heavy atom. The van der Waals surface area contributed by atoms with E-state index in [1.165, 1.54) is 38.1 Å². The lowest BCUT2D eigenvalue weighted by Gasteiger charge is -2.20. The number of rotatable bonds is 3. The summed E-state index contributed by atoms with van der Waals surface area (Å²) in [5, 5.41) is 15.4. The molecule has 42 heavy (non-hydrogen) atoms. The molecule has 2 aromatic heterocycles. The lowest BCUT2D eigenvalue weighted by molar-refractivity contribution is 1.18. The second-order valence-electron chi connectivity index (χ2n) is 11.5. The zero-order valence-corrected chi connectivity index (χ0v) is 24.5. The summed E-state index contributed by atoms with van der Waals surface area (Å²) in [6, 6.07) is 45.5. The highest BCUT2D eigenvalue weighted by atomic mass is 28.3. The van der Waals surface area contributed by atoms with Gasteiger partial charge < -0.3 is 4.57 Å². The number of hydrogen-bond acceptors (Lipinski definition) is 2. The zero-order chi connectivity index (χ0) is 28.4. The van der Waals surface area contributed by atoms with Crippen LogP contribution in [0.4, 0.5) is 0 Å². The summed E-state index contributed by atoms with van der Waals surface area (Å²) < 4.78 is 2.43. The minimum Gasteiger partial charge on any atom is -0.309 e. The largest absolute Gasteiger partial charge is 0.309 e. The molecule has 0 amide bonds. The summed E-state index contributed by atoms with van der Waals surface area (Å²) in [4.78, 5) is 4.51. The molecule has 0 unspecified atom stereocenters. The van der Waals surface area contributed by atoms with Crippen molar-refractivity contribution in [1.29, 1.82) is 5.26 Å². The van der Waals surface area contributed by atoms with Gasteiger partial charge in [0, 0.05) is 28.2 Å². The van der Waals surface area contributed by atoms with E-state index in [2.05, 4.69) is 126 Å². The number of para-hydroxylation sites is 1. The SMILES string of the molecule is C[Si]1(C)c2ccccc2-c2ccc3c(c21)c1ccccc1n3-c1cccc(-c2cccc(-c3ncccc3C#N)c2)c1. The summed E-state index contributed by atoms with van der Waals surface area (Å²) in [5.41, 5.74) is 10.8. The minimum absolute atomic E-state index is 0.579. The van der Waals surface area contributed by atoms with Gasteiger partial charge in [0.15, 0.2) is 0 Å². The van der Waals surface area contributed by atoms with Gasteiger partial charge in [-0.2, -0.15) is 5.26 Å². The molecule has 0 spiro atoms. The third kappa shape index (κ3) is 3.48. The predicted molar refractivity (Wildman–Crippen MR) is 176 cm³/mol. The summed E-state index contributed by atoms with van der Waals surface area (Å²) >= 11 is 0. The van der Waals surface area contributed by atoms with E-state index < -0.39 is 8.07 Å². The average molecular weight is 554 g/mol. The molecule has 1 aliphatic heterocycles. The summed E-state index contributed by atoms with van der Waals surface area (Å²) in [5.74, 6) is 0. The van der Waals surface area contributed by atoms with E-state index in [-0.39, 0.29) is 0 Å². The molecule has 0 saturated heterocycles. The van der Waals surface area contributed by atoms with Gasteiger partial charge in [0.1, 0.15) is 14.1 Å². The summed E-state index contributed by atoms with van der Waals surface area (Å²) in [7, 11) is -1.90. The standard InChI is InChI=1S/C38H27N3Si/c1-42(2)35-18-6-4-15-30(35)31-19-20-34-36(38(31)42)32-16-3-5-17-33(32)41(34)29-14-8-11-26(23-29)25-10-7-12-27(22-25)37-28(24-39)13-9-21-40-37/h3-23H,1-2H3. The van der Waals surface area contributed by atoms with Gasteiger partial charge in [-0.25, -0.2) is 0 Å². The molecular formula is C38H27N3Si. The van der Waals surface area contributed by atoms with Crippen LogP contribution in [0.3, 0.4) is 0 Å². The van der Waals surface area contributed by atoms with E-state index in [1.54, 1.807) is 17.4 Å². The van der Waals surface area contributed by atoms with Gasteiger partial charge >= 0.3 is 0 Å². The molecule has 7 aromatic rings. The van der Waals surface area contributed by atoms with Crippen LogP contribution in [0.1, 0.15) is 5.56 Å². The highest BCUT2D eigenvalue weighted by molar-refractivity contribution is 7.05. The molecule has 3 nitrogen and oxygen atoms in total. The van der Waals surface area contributed by atoms with Crippen LogP contribution in [-0.2, 0) is 0 Å². The van der Waals surface area contributed by atoms with E-state index in [0.29, 0.717) is 11.3 Å². The number of fused-ring (bicyclic) bond motifs is 7. The lowest BCUT2D eigenvalue weighted by Crippen LogP contribution is -2.49. The van der Waals surface area contributed by atoms with Crippen LogP contribution >= 0.6 is 0 Å². The topological polar surface area (TPSA) is 41.6 Å². The quantitative estimate of drug-likeness (QED) is 0.207. The van der Waals surface area contributed by atoms with Crippen molar-refractivity contribution in [3.8, 4) is 45.3 Å². The molecule has 0 saturated carbocycles. The third-order valence-corrected chi connectivity index (χ3v) is 12.4. The van der Waals surface area contributed by atoms with E-state index >= 15 is 0 Å². The van der Waals surface area contributed by atoms with Crippen molar-refractivity contribution < 1.29 is 0 Å². The van der Waals surface area contributed by atoms with E-state index in [0.717, 1.165) is 22.4 Å². The maximum atomic E-state index is 9.63. The highest BCUT2D eigenvalue weighted by Crippen LogP contribution is 2.39. The van der Waals surface area contributed by atoms with Gasteiger partial charge in [-0.3, -0.25) is 4.98 Å². The molecule has 0 atom stereocenters. The zero-order valence-electron chi connectivity index (χ0n) is 23.5. The highest BCUT2D eigenvalue weighted by Gasteiger charge is 2.39. The average Bonchev–Trinajstić information content (AvgIpc) is 3.50. The number of aromatic nitrogens is 2. The molecule has 5 aromatic carbocycles. The number of benzene rings is 5. The summed E-state index contributed by atoms with van der Waals surface area (Å²) in [6.07, 6.45) is 1.74. The second-order valence-corrected chi connectivity index (χ2v) is 15.8. The first-order valence-corrected chi connectivity index (χ1v) is 17.3. The normalized spacial score (nSPS) is 13.2. The fraction of sp³-hybridized carbons (Fsp3) is 0.0526. The molecule has 198 valence electrons. The van der Waals surface area contributed by atoms with E-state index in [1.807, 2.05) is 18.2 Å². The number of nitrogens with zero attached hydrogens (tertiary/aromatic N) is 3. The van der Waals surface area contributed by atoms with Gasteiger partial charge in [-0.1, -0.05) is 92.0 Å². The van der Waals surface area contributed by atoms with E-state index in [4.69, 9.17) is 0 Å². The van der Waals surface area contributed by atoms with Crippen LogP contribution in [-0.4, -0.2) is 17.6 Å². The van der Waals surface area contributed by atoms with Crippen LogP contribution in [0.25, 0.3) is 61.0 Å². The lowest BCUT2D eigenvalue weighted by atomic mass is 9.99. The van der Waals surface area contributed by atoms with Gasteiger partial charge in [0.2, 0.25) is 0 Å². The fourth-order valence-corrected chi connectivity index (χ4v) is 10.5. The van der Waals surface area contributed by atoms with Crippen molar-refractivity contribution in [3.63, 3.8) is 0 Å². The molecule has 1 aliphatic rings. The summed E-state index contributed by atoms with van der Waals surface area (Å²) in [6.45, 7) is 4.99. The Morgan fingerprint density at radius 1 is 0.667 bits per heavy atom. The van der Waals surface area contributed by atoms with Crippen molar-refractivity contribution in [2.24, 2.45) is 0 Å². The van der Waals surface area contributed by atoms with Crippen molar-refractivity contribution in [2.45, 2.75) is 13.1 Å². The maximum absolute atomic E-state index is 9.63. The van der Waals surface area contributed by atoms with Crippen LogP contribution in [0.2, 0.25) is 13.1 Å². The first-order chi connectivity index (χ1) is 20.6. The van der Waals surface area contributed by atoms with Gasteiger partial charge in [-0.15, -0.1) is 0 Å². The van der Waals surface area contributed by atoms with Gasteiger partial charge in [0.25, 0.3) is 0 Å². The van der Waals surface area contributed by atoms with Gasteiger partial charge in [-0.05, 0) is 75.1 Å². The maximum Gasteiger partial charge on any atom is 0.114 e. The molecule has 0 radical (unpaired) electrons. The molecule has 4 heteroatoms. The molecule has 0 bridgehead atoms. The molecule has 0 fully saturated rings. The Labute approximate surface area is 246 Å². The van der Waals surface area contributed by atoms with Crippen LogP contribution in [0.15, 0.2) is 128 Å². The Bertz CT molecular complexity index is 2250. The smallest absolute Gasteiger partial charge is 0.114 e. The molecule has 0 aliphatic carbocycles. The Hall–Kier alpha value is -5.24. The fourth-order valence-electron chi connectivity index (χ4n) is 7.01. The predicted octanol–water partition coefficient (Wildman–Crippen LogP) is 8.19. The number of pyridine rings is 1. The molecule has 3 heterocycles. The second kappa shape index (κ2) is 9.14. The molecule has 0 N–H and O–H groups in total. The minimum atomic E-state index is -1.90. The molecule has 8 rings (SSSR count).